The van der Waals surface area contributed by atoms with Gasteiger partial charge < -0.3 is 20.3 Å². The molecule has 0 saturated carbocycles. The zero-order chi connectivity index (χ0) is 19.3. The van der Waals surface area contributed by atoms with E-state index >= 15 is 0 Å². The molecule has 138 valence electrons. The summed E-state index contributed by atoms with van der Waals surface area (Å²) in [5.41, 5.74) is 1.38. The zero-order valence-corrected chi connectivity index (χ0v) is 15.0. The van der Waals surface area contributed by atoms with Crippen molar-refractivity contribution in [2.45, 2.75) is 38.8 Å². The third kappa shape index (κ3) is 5.51. The molecule has 0 bridgehead atoms. The number of phenolic OH excluding ortho intramolecular Hbond substituents is 1. The van der Waals surface area contributed by atoms with Crippen LogP contribution in [0, 0.1) is 0 Å². The van der Waals surface area contributed by atoms with Crippen LogP contribution in [-0.2, 0) is 16.0 Å². The fraction of sp³-hybridized carbons (Fsp3) is 0.300. The number of nitrogens with one attached hydrogen (secondary N) is 1. The SMILES string of the molecule is CC(C)(C)OC(=O)N[C@@H](Cc1ccc(O)c(-c2ccccc2)c1)C(=O)O. The molecule has 2 rings (SSSR count). The molecule has 0 spiro atoms. The van der Waals surface area contributed by atoms with Crippen molar-refractivity contribution >= 4 is 12.1 Å². The Labute approximate surface area is 152 Å². The maximum Gasteiger partial charge on any atom is 0.408 e. The second kappa shape index (κ2) is 7.91. The first-order valence-electron chi connectivity index (χ1n) is 8.25. The van der Waals surface area contributed by atoms with Crippen LogP contribution in [0.2, 0.25) is 0 Å². The number of phenols is 1. The maximum absolute atomic E-state index is 11.9. The molecule has 3 N–H and O–H groups in total. The Morgan fingerprint density at radius 2 is 1.77 bits per heavy atom. The van der Waals surface area contributed by atoms with Crippen LogP contribution in [0.5, 0.6) is 5.75 Å². The van der Waals surface area contributed by atoms with Crippen molar-refractivity contribution in [2.75, 3.05) is 0 Å². The number of carbonyl (C=O) groups excluding carboxylic acids is 1. The molecule has 0 aliphatic heterocycles. The number of rotatable bonds is 5. The van der Waals surface area contributed by atoms with Gasteiger partial charge in [0.15, 0.2) is 0 Å². The summed E-state index contributed by atoms with van der Waals surface area (Å²) in [5.74, 6) is -1.06. The topological polar surface area (TPSA) is 95.9 Å². The third-order valence-corrected chi connectivity index (χ3v) is 3.57. The minimum atomic E-state index is -1.16. The molecule has 0 aliphatic rings. The van der Waals surface area contributed by atoms with Gasteiger partial charge in [-0.05, 0) is 44.0 Å². The number of amides is 1. The summed E-state index contributed by atoms with van der Waals surface area (Å²) < 4.78 is 5.11. The number of carbonyl (C=O) groups is 2. The molecule has 2 aromatic carbocycles. The number of hydrogen-bond acceptors (Lipinski definition) is 4. The highest BCUT2D eigenvalue weighted by molar-refractivity contribution is 5.80. The summed E-state index contributed by atoms with van der Waals surface area (Å²) in [6, 6.07) is 13.0. The molecule has 0 saturated heterocycles. The molecule has 6 nitrogen and oxygen atoms in total. The van der Waals surface area contributed by atoms with Gasteiger partial charge in [0.2, 0.25) is 0 Å². The van der Waals surface area contributed by atoms with E-state index in [-0.39, 0.29) is 12.2 Å². The van der Waals surface area contributed by atoms with E-state index in [2.05, 4.69) is 5.32 Å². The Kier molecular flexibility index (Phi) is 5.87. The fourth-order valence-electron chi connectivity index (χ4n) is 2.44. The Balaban J connectivity index is 2.19. The average Bonchev–Trinajstić information content (AvgIpc) is 2.55. The zero-order valence-electron chi connectivity index (χ0n) is 15.0. The Hall–Kier alpha value is -3.02. The lowest BCUT2D eigenvalue weighted by atomic mass is 9.98. The number of carboxylic acids is 1. The van der Waals surface area contributed by atoms with Crippen LogP contribution in [0.1, 0.15) is 26.3 Å². The van der Waals surface area contributed by atoms with Crippen LogP contribution in [0.3, 0.4) is 0 Å². The fourth-order valence-corrected chi connectivity index (χ4v) is 2.44. The van der Waals surface area contributed by atoms with E-state index in [1.165, 1.54) is 6.07 Å². The van der Waals surface area contributed by atoms with Crippen LogP contribution in [0.15, 0.2) is 48.5 Å². The number of ether oxygens (including phenoxy) is 1. The van der Waals surface area contributed by atoms with Crippen molar-refractivity contribution in [2.24, 2.45) is 0 Å². The van der Waals surface area contributed by atoms with Crippen LogP contribution in [-0.4, -0.2) is 33.9 Å². The van der Waals surface area contributed by atoms with Crippen LogP contribution < -0.4 is 5.32 Å². The summed E-state index contributed by atoms with van der Waals surface area (Å²) in [6.45, 7) is 5.11. The molecule has 0 aromatic heterocycles. The summed E-state index contributed by atoms with van der Waals surface area (Å²) in [5, 5.41) is 21.9. The van der Waals surface area contributed by atoms with E-state index in [1.54, 1.807) is 32.9 Å². The lowest BCUT2D eigenvalue weighted by Gasteiger charge is -2.22. The number of alkyl carbamates (subject to hydrolysis) is 1. The maximum atomic E-state index is 11.9. The van der Waals surface area contributed by atoms with Gasteiger partial charge >= 0.3 is 12.1 Å². The number of aromatic hydroxyl groups is 1. The van der Waals surface area contributed by atoms with Crippen LogP contribution in [0.25, 0.3) is 11.1 Å². The van der Waals surface area contributed by atoms with Crippen LogP contribution in [0.4, 0.5) is 4.79 Å². The predicted octanol–water partition coefficient (Wildman–Crippen LogP) is 3.58. The molecule has 0 unspecified atom stereocenters. The molecule has 0 aliphatic carbocycles. The van der Waals surface area contributed by atoms with Crippen molar-refractivity contribution in [1.29, 1.82) is 0 Å². The molecule has 26 heavy (non-hydrogen) atoms. The van der Waals surface area contributed by atoms with E-state index in [4.69, 9.17) is 4.74 Å². The predicted molar refractivity (Wildman–Crippen MR) is 98.0 cm³/mol. The Morgan fingerprint density at radius 1 is 1.12 bits per heavy atom. The van der Waals surface area contributed by atoms with Crippen LogP contribution >= 0.6 is 0 Å². The van der Waals surface area contributed by atoms with Gasteiger partial charge in [-0.2, -0.15) is 0 Å². The van der Waals surface area contributed by atoms with Gasteiger partial charge in [-0.25, -0.2) is 9.59 Å². The molecule has 0 fully saturated rings. The Bertz CT molecular complexity index is 781. The average molecular weight is 357 g/mol. The summed E-state index contributed by atoms with van der Waals surface area (Å²) in [7, 11) is 0. The summed E-state index contributed by atoms with van der Waals surface area (Å²) in [6.07, 6.45) is -0.721. The van der Waals surface area contributed by atoms with E-state index in [9.17, 15) is 19.8 Å². The Morgan fingerprint density at radius 3 is 2.35 bits per heavy atom. The molecule has 6 heteroatoms. The summed E-state index contributed by atoms with van der Waals surface area (Å²) in [4.78, 5) is 23.4. The minimum absolute atomic E-state index is 0.0642. The quantitative estimate of drug-likeness (QED) is 0.760. The lowest BCUT2D eigenvalue weighted by Crippen LogP contribution is -2.44. The highest BCUT2D eigenvalue weighted by atomic mass is 16.6. The molecule has 2 aromatic rings. The molecular weight excluding hydrogens is 334 g/mol. The van der Waals surface area contributed by atoms with Crippen molar-refractivity contribution in [3.8, 4) is 16.9 Å². The normalized spacial score (nSPS) is 12.3. The van der Waals surface area contributed by atoms with Gasteiger partial charge in [-0.15, -0.1) is 0 Å². The molecule has 0 heterocycles. The monoisotopic (exact) mass is 357 g/mol. The highest BCUT2D eigenvalue weighted by Gasteiger charge is 2.24. The van der Waals surface area contributed by atoms with Gasteiger partial charge in [-0.1, -0.05) is 36.4 Å². The van der Waals surface area contributed by atoms with Crippen molar-refractivity contribution in [3.05, 3.63) is 54.1 Å². The van der Waals surface area contributed by atoms with E-state index in [1.807, 2.05) is 30.3 Å². The van der Waals surface area contributed by atoms with Gasteiger partial charge in [0, 0.05) is 12.0 Å². The number of aliphatic carboxylic acids is 1. The number of benzene rings is 2. The van der Waals surface area contributed by atoms with Gasteiger partial charge in [0.1, 0.15) is 17.4 Å². The van der Waals surface area contributed by atoms with Crippen molar-refractivity contribution < 1.29 is 24.5 Å². The van der Waals surface area contributed by atoms with Gasteiger partial charge in [0.05, 0.1) is 0 Å². The van der Waals surface area contributed by atoms with E-state index in [0.29, 0.717) is 11.1 Å². The minimum Gasteiger partial charge on any atom is -0.507 e. The first-order chi connectivity index (χ1) is 12.2. The lowest BCUT2D eigenvalue weighted by molar-refractivity contribution is -0.139. The molecular formula is C20H23NO5. The number of carboxylic acid groups (broad SMARTS) is 1. The first kappa shape index (κ1) is 19.3. The smallest absolute Gasteiger partial charge is 0.408 e. The summed E-state index contributed by atoms with van der Waals surface area (Å²) >= 11 is 0. The van der Waals surface area contributed by atoms with E-state index < -0.39 is 23.7 Å². The van der Waals surface area contributed by atoms with E-state index in [0.717, 1.165) is 5.56 Å². The highest BCUT2D eigenvalue weighted by Crippen LogP contribution is 2.30. The van der Waals surface area contributed by atoms with Crippen molar-refractivity contribution in [3.63, 3.8) is 0 Å². The second-order valence-electron chi connectivity index (χ2n) is 6.96. The largest absolute Gasteiger partial charge is 0.507 e. The second-order valence-corrected chi connectivity index (χ2v) is 6.96. The van der Waals surface area contributed by atoms with Crippen molar-refractivity contribution in [1.82, 2.24) is 5.32 Å². The van der Waals surface area contributed by atoms with Gasteiger partial charge in [-0.3, -0.25) is 0 Å². The molecule has 1 atom stereocenters. The standard InChI is InChI=1S/C20H23NO5/c1-20(2,3)26-19(25)21-16(18(23)24)12-13-9-10-17(22)15(11-13)14-7-5-4-6-8-14/h4-11,16,22H,12H2,1-3H3,(H,21,25)(H,23,24)/t16-/m0/s1. The molecule has 1 amide bonds. The first-order valence-corrected chi connectivity index (χ1v) is 8.25. The third-order valence-electron chi connectivity index (χ3n) is 3.57. The van der Waals surface area contributed by atoms with Gasteiger partial charge in [0.25, 0.3) is 0 Å². The molecule has 0 radical (unpaired) electrons. The number of hydrogen-bond donors (Lipinski definition) is 3.